The van der Waals surface area contributed by atoms with Crippen LogP contribution in [0, 0.1) is 0 Å². The minimum atomic E-state index is -6.14. The smallest absolute Gasteiger partial charge is 0.462 e. The summed E-state index contributed by atoms with van der Waals surface area (Å²) in [5, 5.41) is 0. The molecular formula is C11H11F6NO6S. The van der Waals surface area contributed by atoms with E-state index in [9.17, 15) is 44.3 Å². The molecule has 1 aliphatic rings. The average molecular weight is 399 g/mol. The van der Waals surface area contributed by atoms with Crippen molar-refractivity contribution in [3.63, 3.8) is 0 Å². The fraction of sp³-hybridized carbons (Fsp3) is 0.636. The number of carbonyl (C=O) groups is 2. The highest BCUT2D eigenvalue weighted by Gasteiger charge is 2.50. The number of alkyl halides is 6. The molecule has 0 aromatic rings. The van der Waals surface area contributed by atoms with Crippen molar-refractivity contribution in [1.82, 2.24) is 4.90 Å². The Labute approximate surface area is 137 Å². The maximum atomic E-state index is 12.4. The first-order valence-electron chi connectivity index (χ1n) is 6.46. The predicted molar refractivity (Wildman–Crippen MR) is 67.0 cm³/mol. The average Bonchev–Trinajstić information content (AvgIpc) is 2.44. The molecule has 7 nitrogen and oxygen atoms in total. The summed E-state index contributed by atoms with van der Waals surface area (Å²) in [6.45, 7) is -0.911. The van der Waals surface area contributed by atoms with E-state index in [-0.39, 0.29) is 11.5 Å². The lowest BCUT2D eigenvalue weighted by atomic mass is 10.1. The van der Waals surface area contributed by atoms with Gasteiger partial charge in [0.1, 0.15) is 5.76 Å². The Bertz CT molecular complexity index is 680. The fourth-order valence-corrected chi connectivity index (χ4v) is 2.31. The van der Waals surface area contributed by atoms with Crippen LogP contribution in [0.3, 0.4) is 0 Å². The third-order valence-corrected chi connectivity index (χ3v) is 3.83. The molecule has 0 unspecified atom stereocenters. The van der Waals surface area contributed by atoms with Gasteiger partial charge in [-0.05, 0) is 6.92 Å². The molecule has 0 aromatic heterocycles. The summed E-state index contributed by atoms with van der Waals surface area (Å²) in [5.74, 6) is -4.76. The number of ether oxygens (including phenoxy) is 1. The molecular weight excluding hydrogens is 388 g/mol. The number of esters is 1. The number of amides is 1. The Morgan fingerprint density at radius 2 is 1.72 bits per heavy atom. The lowest BCUT2D eigenvalue weighted by Crippen LogP contribution is -2.46. The molecule has 144 valence electrons. The zero-order chi connectivity index (χ0) is 19.6. The van der Waals surface area contributed by atoms with E-state index in [0.717, 1.165) is 0 Å². The van der Waals surface area contributed by atoms with Gasteiger partial charge in [0.15, 0.2) is 0 Å². The van der Waals surface area contributed by atoms with Crippen molar-refractivity contribution in [3.05, 3.63) is 11.3 Å². The van der Waals surface area contributed by atoms with Crippen molar-refractivity contribution in [3.8, 4) is 0 Å². The van der Waals surface area contributed by atoms with E-state index in [4.69, 9.17) is 0 Å². The molecule has 0 atom stereocenters. The quantitative estimate of drug-likeness (QED) is 0.308. The van der Waals surface area contributed by atoms with Crippen LogP contribution in [0.1, 0.15) is 13.3 Å². The van der Waals surface area contributed by atoms with Gasteiger partial charge in [0.2, 0.25) is 0 Å². The van der Waals surface area contributed by atoms with Crippen LogP contribution >= 0.6 is 0 Å². The van der Waals surface area contributed by atoms with Gasteiger partial charge in [-0.15, -0.1) is 0 Å². The first-order valence-corrected chi connectivity index (χ1v) is 7.87. The molecule has 0 saturated carbocycles. The second kappa shape index (κ2) is 7.09. The van der Waals surface area contributed by atoms with Crippen LogP contribution in [0.2, 0.25) is 0 Å². The normalized spacial score (nSPS) is 16.7. The number of rotatable bonds is 4. The molecule has 1 heterocycles. The summed E-state index contributed by atoms with van der Waals surface area (Å²) in [6.07, 6.45) is -6.14. The molecule has 14 heteroatoms. The van der Waals surface area contributed by atoms with Gasteiger partial charge >= 0.3 is 33.7 Å². The predicted octanol–water partition coefficient (Wildman–Crippen LogP) is 1.46. The maximum absolute atomic E-state index is 12.4. The Balaban J connectivity index is 3.22. The van der Waals surface area contributed by atoms with Crippen LogP contribution in [0.5, 0.6) is 0 Å². The Kier molecular flexibility index (Phi) is 5.97. The maximum Gasteiger partial charge on any atom is 0.534 e. The Morgan fingerprint density at radius 1 is 1.16 bits per heavy atom. The van der Waals surface area contributed by atoms with E-state index >= 15 is 0 Å². The number of halogens is 6. The monoisotopic (exact) mass is 399 g/mol. The van der Waals surface area contributed by atoms with Gasteiger partial charge in [-0.25, -0.2) is 4.79 Å². The highest BCUT2D eigenvalue weighted by atomic mass is 32.2. The van der Waals surface area contributed by atoms with Gasteiger partial charge in [-0.2, -0.15) is 34.8 Å². The van der Waals surface area contributed by atoms with Crippen molar-refractivity contribution < 1.29 is 53.3 Å². The lowest BCUT2D eigenvalue weighted by Gasteiger charge is -2.29. The van der Waals surface area contributed by atoms with Gasteiger partial charge in [-0.3, -0.25) is 4.79 Å². The van der Waals surface area contributed by atoms with Crippen LogP contribution in [0.25, 0.3) is 0 Å². The van der Waals surface area contributed by atoms with Crippen molar-refractivity contribution in [1.29, 1.82) is 0 Å². The van der Waals surface area contributed by atoms with Crippen LogP contribution < -0.4 is 0 Å². The third kappa shape index (κ3) is 4.99. The van der Waals surface area contributed by atoms with Crippen LogP contribution in [-0.4, -0.2) is 56.6 Å². The molecule has 0 aliphatic carbocycles. The highest BCUT2D eigenvalue weighted by Crippen LogP contribution is 2.31. The Morgan fingerprint density at radius 3 is 2.16 bits per heavy atom. The van der Waals surface area contributed by atoms with E-state index in [1.54, 1.807) is 0 Å². The minimum absolute atomic E-state index is 0.124. The molecule has 0 aromatic carbocycles. The molecule has 1 amide bonds. The molecule has 1 rings (SSSR count). The summed E-state index contributed by atoms with van der Waals surface area (Å²) >= 11 is 0. The second-order valence-electron chi connectivity index (χ2n) is 4.58. The third-order valence-electron chi connectivity index (χ3n) is 2.84. The lowest BCUT2D eigenvalue weighted by molar-refractivity contribution is -0.185. The first-order chi connectivity index (χ1) is 11.2. The fourth-order valence-electron chi connectivity index (χ4n) is 1.77. The van der Waals surface area contributed by atoms with Crippen LogP contribution in [-0.2, 0) is 28.6 Å². The molecule has 0 saturated heterocycles. The summed E-state index contributed by atoms with van der Waals surface area (Å²) in [7, 11) is -6.14. The molecule has 0 spiro atoms. The largest absolute Gasteiger partial charge is 0.534 e. The van der Waals surface area contributed by atoms with Crippen LogP contribution in [0.15, 0.2) is 11.3 Å². The molecule has 25 heavy (non-hydrogen) atoms. The van der Waals surface area contributed by atoms with Gasteiger partial charge in [-0.1, -0.05) is 0 Å². The van der Waals surface area contributed by atoms with Crippen molar-refractivity contribution >= 4 is 22.0 Å². The standard InChI is InChI=1S/C11H11F6NO6S/c1-2-23-8(19)6-5-18(9(20)10(12,13)14)4-3-7(6)24-25(21,22)11(15,16)17/h2-5H2,1H3. The molecule has 0 fully saturated rings. The van der Waals surface area contributed by atoms with E-state index in [0.29, 0.717) is 0 Å². The molecule has 0 N–H and O–H groups in total. The van der Waals surface area contributed by atoms with E-state index in [1.807, 2.05) is 0 Å². The molecule has 0 bridgehead atoms. The van der Waals surface area contributed by atoms with E-state index < -0.39 is 64.5 Å². The van der Waals surface area contributed by atoms with Crippen molar-refractivity contribution in [2.45, 2.75) is 25.0 Å². The molecule has 0 radical (unpaired) electrons. The summed E-state index contributed by atoms with van der Waals surface area (Å²) < 4.78 is 105. The summed E-state index contributed by atoms with van der Waals surface area (Å²) in [4.78, 5) is 23.0. The minimum Gasteiger partial charge on any atom is -0.462 e. The zero-order valence-corrected chi connectivity index (χ0v) is 13.2. The SMILES string of the molecule is CCOC(=O)C1=C(OS(=O)(=O)C(F)(F)F)CCN(C(=O)C(F)(F)F)C1. The Hall–Kier alpha value is -1.99. The first kappa shape index (κ1) is 21.1. The number of carbonyl (C=O) groups excluding carboxylic acids is 2. The van der Waals surface area contributed by atoms with Gasteiger partial charge in [0.25, 0.3) is 0 Å². The topological polar surface area (TPSA) is 90.0 Å². The van der Waals surface area contributed by atoms with Crippen molar-refractivity contribution in [2.24, 2.45) is 0 Å². The number of hydrogen-bond donors (Lipinski definition) is 0. The second-order valence-corrected chi connectivity index (χ2v) is 6.12. The highest BCUT2D eigenvalue weighted by molar-refractivity contribution is 7.87. The van der Waals surface area contributed by atoms with Crippen molar-refractivity contribution in [2.75, 3.05) is 19.7 Å². The number of hydrogen-bond acceptors (Lipinski definition) is 6. The number of nitrogens with zero attached hydrogens (tertiary/aromatic N) is 1. The summed E-state index contributed by atoms with van der Waals surface area (Å²) in [6, 6.07) is 0. The molecule has 1 aliphatic heterocycles. The summed E-state index contributed by atoms with van der Waals surface area (Å²) in [5.41, 5.74) is -6.72. The van der Waals surface area contributed by atoms with Gasteiger partial charge in [0.05, 0.1) is 18.7 Å². The van der Waals surface area contributed by atoms with E-state index in [2.05, 4.69) is 8.92 Å². The van der Waals surface area contributed by atoms with E-state index in [1.165, 1.54) is 6.92 Å². The van der Waals surface area contributed by atoms with Gasteiger partial charge in [0, 0.05) is 13.0 Å². The van der Waals surface area contributed by atoms with Gasteiger partial charge < -0.3 is 13.8 Å². The van der Waals surface area contributed by atoms with Crippen LogP contribution in [0.4, 0.5) is 26.3 Å². The zero-order valence-electron chi connectivity index (χ0n) is 12.4.